The van der Waals surface area contributed by atoms with E-state index in [9.17, 15) is 9.18 Å². The number of thioether (sulfide) groups is 1. The minimum absolute atomic E-state index is 0.180. The van der Waals surface area contributed by atoms with Crippen molar-refractivity contribution in [2.24, 2.45) is 0 Å². The van der Waals surface area contributed by atoms with Crippen LogP contribution in [0.4, 0.5) is 4.39 Å². The molecular weight excluding hydrogens is 387 g/mol. The molecular formula is C22H15FN4OS. The van der Waals surface area contributed by atoms with Gasteiger partial charge in [-0.15, -0.1) is 0 Å². The minimum Gasteiger partial charge on any atom is -0.349 e. The lowest BCUT2D eigenvalue weighted by Crippen LogP contribution is -2.22. The maximum atomic E-state index is 14.6. The lowest BCUT2D eigenvalue weighted by atomic mass is 10.2. The van der Waals surface area contributed by atoms with Gasteiger partial charge in [0, 0.05) is 29.0 Å². The largest absolute Gasteiger partial charge is 0.349 e. The number of rotatable bonds is 4. The molecule has 142 valence electrons. The fraction of sp³-hybridized carbons (Fsp3) is 0.0455. The first-order valence-corrected chi connectivity index (χ1v) is 10.0. The maximum Gasteiger partial charge on any atom is 0.283 e. The van der Waals surface area contributed by atoms with Gasteiger partial charge in [-0.1, -0.05) is 48.2 Å². The molecule has 2 aromatic carbocycles. The molecule has 0 atom stereocenters. The fourth-order valence-electron chi connectivity index (χ4n) is 3.32. The Hall–Kier alpha value is -3.45. The fourth-order valence-corrected chi connectivity index (χ4v) is 4.25. The number of pyridine rings is 1. The molecule has 3 heterocycles. The monoisotopic (exact) mass is 402 g/mol. The molecule has 0 unspecified atom stereocenters. The molecule has 5 aromatic rings. The molecule has 0 saturated heterocycles. The molecule has 3 aromatic heterocycles. The molecule has 5 rings (SSSR count). The summed E-state index contributed by atoms with van der Waals surface area (Å²) in [6.07, 6.45) is 3.47. The van der Waals surface area contributed by atoms with Gasteiger partial charge in [-0.25, -0.2) is 9.37 Å². The van der Waals surface area contributed by atoms with Gasteiger partial charge in [0.1, 0.15) is 16.9 Å². The number of aromatic nitrogens is 4. The van der Waals surface area contributed by atoms with E-state index in [0.717, 1.165) is 16.5 Å². The zero-order valence-corrected chi connectivity index (χ0v) is 16.0. The molecule has 0 amide bonds. The predicted molar refractivity (Wildman–Crippen MR) is 113 cm³/mol. The summed E-state index contributed by atoms with van der Waals surface area (Å²) in [6, 6.07) is 17.7. The summed E-state index contributed by atoms with van der Waals surface area (Å²) in [5, 5.41) is 1.30. The van der Waals surface area contributed by atoms with Gasteiger partial charge in [-0.05, 0) is 29.8 Å². The second-order valence-corrected chi connectivity index (χ2v) is 7.47. The Balaban J connectivity index is 1.75. The molecule has 0 spiro atoms. The van der Waals surface area contributed by atoms with E-state index in [2.05, 4.69) is 9.97 Å². The topological polar surface area (TPSA) is 63.6 Å². The highest BCUT2D eigenvalue weighted by Crippen LogP contribution is 2.28. The summed E-state index contributed by atoms with van der Waals surface area (Å²) in [4.78, 5) is 25.4. The first kappa shape index (κ1) is 17.6. The highest BCUT2D eigenvalue weighted by Gasteiger charge is 2.19. The van der Waals surface area contributed by atoms with E-state index in [-0.39, 0.29) is 11.2 Å². The Morgan fingerprint density at radius 3 is 2.69 bits per heavy atom. The number of hydrogen-bond acceptors (Lipinski definition) is 4. The highest BCUT2D eigenvalue weighted by atomic mass is 32.2. The normalized spacial score (nSPS) is 11.3. The Kier molecular flexibility index (Phi) is 4.37. The molecule has 0 bridgehead atoms. The second-order valence-electron chi connectivity index (χ2n) is 6.53. The first-order chi connectivity index (χ1) is 14.2. The maximum absolute atomic E-state index is 14.6. The molecule has 5 nitrogen and oxygen atoms in total. The van der Waals surface area contributed by atoms with Gasteiger partial charge in [0.2, 0.25) is 0 Å². The molecule has 7 heteroatoms. The summed E-state index contributed by atoms with van der Waals surface area (Å²) in [5.41, 5.74) is 2.61. The van der Waals surface area contributed by atoms with Crippen LogP contribution in [-0.4, -0.2) is 19.5 Å². The molecule has 0 aliphatic heterocycles. The number of para-hydroxylation sites is 2. The number of nitrogens with zero attached hydrogens (tertiary/aromatic N) is 3. The van der Waals surface area contributed by atoms with Gasteiger partial charge >= 0.3 is 0 Å². The smallest absolute Gasteiger partial charge is 0.283 e. The Morgan fingerprint density at radius 2 is 1.86 bits per heavy atom. The standard InChI is InChI=1S/C22H15FN4OS/c23-16-8-2-4-10-18(16)27-21(28)20-19(15-7-1-3-9-17(15)25-20)26-22(27)29-13-14-6-5-11-24-12-14/h1-12,25H,13H2. The van der Waals surface area contributed by atoms with Crippen LogP contribution in [0.5, 0.6) is 0 Å². The van der Waals surface area contributed by atoms with Crippen molar-refractivity contribution in [1.82, 2.24) is 19.5 Å². The van der Waals surface area contributed by atoms with Crippen molar-refractivity contribution < 1.29 is 4.39 Å². The summed E-state index contributed by atoms with van der Waals surface area (Å²) in [5.74, 6) is 0.0814. The van der Waals surface area contributed by atoms with Crippen molar-refractivity contribution in [3.63, 3.8) is 0 Å². The van der Waals surface area contributed by atoms with Crippen LogP contribution in [0.15, 0.2) is 83.0 Å². The molecule has 0 radical (unpaired) electrons. The number of aromatic amines is 1. The minimum atomic E-state index is -0.477. The summed E-state index contributed by atoms with van der Waals surface area (Å²) >= 11 is 1.38. The van der Waals surface area contributed by atoms with E-state index in [0.29, 0.717) is 21.9 Å². The number of hydrogen-bond donors (Lipinski definition) is 1. The zero-order valence-electron chi connectivity index (χ0n) is 15.2. The van der Waals surface area contributed by atoms with E-state index in [1.807, 2.05) is 36.4 Å². The van der Waals surface area contributed by atoms with Gasteiger partial charge in [0.05, 0.1) is 5.69 Å². The van der Waals surface area contributed by atoms with Gasteiger partial charge in [-0.3, -0.25) is 14.3 Å². The van der Waals surface area contributed by atoms with Crippen molar-refractivity contribution in [1.29, 1.82) is 0 Å². The Bertz CT molecular complexity index is 1390. The molecule has 0 aliphatic carbocycles. The van der Waals surface area contributed by atoms with E-state index in [1.54, 1.807) is 30.6 Å². The number of halogens is 1. The summed E-state index contributed by atoms with van der Waals surface area (Å²) < 4.78 is 15.9. The third-order valence-corrected chi connectivity index (χ3v) is 5.69. The SMILES string of the molecule is O=c1c2[nH]c3ccccc3c2nc(SCc2cccnc2)n1-c1ccccc1F. The summed E-state index contributed by atoms with van der Waals surface area (Å²) in [7, 11) is 0. The van der Waals surface area contributed by atoms with Crippen LogP contribution in [0, 0.1) is 5.82 Å². The quantitative estimate of drug-likeness (QED) is 0.350. The van der Waals surface area contributed by atoms with Crippen LogP contribution in [0.3, 0.4) is 0 Å². The van der Waals surface area contributed by atoms with Crippen molar-refractivity contribution in [3.8, 4) is 5.69 Å². The van der Waals surface area contributed by atoms with Crippen molar-refractivity contribution >= 4 is 33.7 Å². The van der Waals surface area contributed by atoms with Gasteiger partial charge in [-0.2, -0.15) is 0 Å². The predicted octanol–water partition coefficient (Wildman–Crippen LogP) is 4.69. The van der Waals surface area contributed by atoms with Crippen LogP contribution >= 0.6 is 11.8 Å². The van der Waals surface area contributed by atoms with E-state index >= 15 is 0 Å². The van der Waals surface area contributed by atoms with Gasteiger partial charge in [0.15, 0.2) is 5.16 Å². The molecule has 1 N–H and O–H groups in total. The van der Waals surface area contributed by atoms with Crippen molar-refractivity contribution in [3.05, 3.63) is 94.8 Å². The number of H-pyrrole nitrogens is 1. The first-order valence-electron chi connectivity index (χ1n) is 9.02. The van der Waals surface area contributed by atoms with Crippen LogP contribution in [0.2, 0.25) is 0 Å². The average molecular weight is 402 g/mol. The van der Waals surface area contributed by atoms with E-state index in [1.165, 1.54) is 22.4 Å². The van der Waals surface area contributed by atoms with E-state index < -0.39 is 5.82 Å². The van der Waals surface area contributed by atoms with Gasteiger partial charge < -0.3 is 4.98 Å². The van der Waals surface area contributed by atoms with Crippen LogP contribution in [-0.2, 0) is 5.75 Å². The molecule has 0 saturated carbocycles. The van der Waals surface area contributed by atoms with Crippen LogP contribution in [0.1, 0.15) is 5.56 Å². The number of fused-ring (bicyclic) bond motifs is 3. The van der Waals surface area contributed by atoms with E-state index in [4.69, 9.17) is 4.98 Å². The van der Waals surface area contributed by atoms with Crippen LogP contribution < -0.4 is 5.56 Å². The molecule has 0 aliphatic rings. The lowest BCUT2D eigenvalue weighted by molar-refractivity contribution is 0.608. The highest BCUT2D eigenvalue weighted by molar-refractivity contribution is 7.98. The lowest BCUT2D eigenvalue weighted by Gasteiger charge is -2.12. The number of nitrogens with one attached hydrogen (secondary N) is 1. The zero-order chi connectivity index (χ0) is 19.8. The Morgan fingerprint density at radius 1 is 1.03 bits per heavy atom. The van der Waals surface area contributed by atoms with Gasteiger partial charge in [0.25, 0.3) is 5.56 Å². The Labute approximate surface area is 169 Å². The van der Waals surface area contributed by atoms with Crippen LogP contribution in [0.25, 0.3) is 27.6 Å². The third-order valence-electron chi connectivity index (χ3n) is 4.68. The summed E-state index contributed by atoms with van der Waals surface area (Å²) in [6.45, 7) is 0. The molecule has 0 fully saturated rings. The second kappa shape index (κ2) is 7.18. The number of benzene rings is 2. The third kappa shape index (κ3) is 3.09. The average Bonchev–Trinajstić information content (AvgIpc) is 3.13. The molecule has 29 heavy (non-hydrogen) atoms. The van der Waals surface area contributed by atoms with Crippen molar-refractivity contribution in [2.75, 3.05) is 0 Å². The van der Waals surface area contributed by atoms with Crippen molar-refractivity contribution in [2.45, 2.75) is 10.9 Å².